The number of aliphatic hydroxyl groups excluding tert-OH is 3. The summed E-state index contributed by atoms with van der Waals surface area (Å²) < 4.78 is 15.7. The van der Waals surface area contributed by atoms with Crippen molar-refractivity contribution in [1.29, 1.82) is 0 Å². The largest absolute Gasteiger partial charge is 2.00 e. The molecular weight excluding hydrogens is 754 g/mol. The maximum absolute atomic E-state index is 12.1. The van der Waals surface area contributed by atoms with Crippen molar-refractivity contribution in [2.45, 2.75) is 96.5 Å². The Morgan fingerprint density at radius 3 is 1.62 bits per heavy atom. The van der Waals surface area contributed by atoms with Crippen LogP contribution in [0.15, 0.2) is 0 Å². The average Bonchev–Trinajstić information content (AvgIpc) is 3.28. The molecule has 3 N–H and O–H groups in total. The Balaban J connectivity index is 0. The number of likely N-dealkylation sites (tertiary alicyclic amines) is 2. The average molecular weight is 795 g/mol. The van der Waals surface area contributed by atoms with Crippen LogP contribution in [0.25, 0.3) is 0 Å². The zero-order valence-corrected chi connectivity index (χ0v) is 29.3. The molecule has 3 aliphatic heterocycles. The van der Waals surface area contributed by atoms with E-state index in [0.29, 0.717) is 13.0 Å². The van der Waals surface area contributed by atoms with Gasteiger partial charge in [0.05, 0.1) is 12.6 Å². The predicted octanol–water partition coefficient (Wildman–Crippen LogP) is -5.88. The number of aliphatic hydroxyl groups is 3. The van der Waals surface area contributed by atoms with E-state index in [1.807, 2.05) is 6.92 Å². The second-order valence-electron chi connectivity index (χ2n) is 11.2. The second kappa shape index (κ2) is 16.5. The molecule has 0 unspecified atom stereocenters. The van der Waals surface area contributed by atoms with E-state index in [0.717, 1.165) is 0 Å². The van der Waals surface area contributed by atoms with Crippen LogP contribution in [0.4, 0.5) is 9.59 Å². The van der Waals surface area contributed by atoms with E-state index in [9.17, 15) is 24.3 Å². The molecule has 3 saturated heterocycles. The second-order valence-corrected chi connectivity index (χ2v) is 11.2. The van der Waals surface area contributed by atoms with E-state index in [2.05, 4.69) is 0 Å². The molecule has 3 rings (SSSR count). The molecule has 0 aromatic carbocycles. The molecule has 6 atom stereocenters. The van der Waals surface area contributed by atoms with Crippen LogP contribution in [0.3, 0.4) is 0 Å². The SMILES string of the molecule is CC(C)(C)OC(=O)N1C[C@H]2O[C@H]2[C@H]1C(=O)CO.CC[C@H]1CN(C(=O)OC(C)(C)C)[C@H](C(=O)CO)[C@@H]1O.[I-].[I-].[Mg+2]. The summed E-state index contributed by atoms with van der Waals surface area (Å²) in [6.07, 6.45) is -1.80. The molecule has 3 fully saturated rings. The van der Waals surface area contributed by atoms with Crippen LogP contribution in [-0.2, 0) is 23.8 Å². The fourth-order valence-corrected chi connectivity index (χ4v) is 4.28. The standard InChI is InChI=1S/C13H23NO5.C11H17NO5.2HI.Mg/c1-5-8-6-14(12(18)19-13(2,3)4)10(11(8)17)9(16)7-15;1-11(2,3)17-10(15)12-4-7-9(16-7)8(12)6(14)5-13;;;/h8,10-11,15,17H,5-7H2,1-4H3;7-9,13H,4-5H2,1-3H3;2*1H;/q;;;;+2/p-2/t8-,10+,11+;7-,8-,9-;;;/m01.../s1. The van der Waals surface area contributed by atoms with Gasteiger partial charge in [0.2, 0.25) is 0 Å². The van der Waals surface area contributed by atoms with E-state index in [4.69, 9.17) is 24.4 Å². The van der Waals surface area contributed by atoms with Crippen molar-refractivity contribution in [2.75, 3.05) is 26.3 Å². The van der Waals surface area contributed by atoms with E-state index in [1.54, 1.807) is 41.5 Å². The molecule has 0 aromatic rings. The van der Waals surface area contributed by atoms with Crippen molar-refractivity contribution < 1.29 is 96.7 Å². The number of Topliss-reactive ketones (excluding diaryl/α,β-unsaturated/α-hetero) is 2. The number of nitrogens with zero attached hydrogens (tertiary/aromatic N) is 2. The Morgan fingerprint density at radius 1 is 0.821 bits per heavy atom. The number of carbonyl (C=O) groups excluding carboxylic acids is 4. The normalized spacial score (nSPS) is 26.9. The van der Waals surface area contributed by atoms with Gasteiger partial charge >= 0.3 is 35.2 Å². The van der Waals surface area contributed by atoms with Gasteiger partial charge in [0, 0.05) is 12.5 Å². The molecule has 2 amide bonds. The molecule has 0 aromatic heterocycles. The van der Waals surface area contributed by atoms with Gasteiger partial charge in [0.1, 0.15) is 48.7 Å². The molecule has 0 aliphatic carbocycles. The first-order valence-corrected chi connectivity index (χ1v) is 12.1. The summed E-state index contributed by atoms with van der Waals surface area (Å²) in [5, 5.41) is 27.9. The zero-order valence-electron chi connectivity index (χ0n) is 23.6. The van der Waals surface area contributed by atoms with Gasteiger partial charge in [0.25, 0.3) is 0 Å². The summed E-state index contributed by atoms with van der Waals surface area (Å²) in [7, 11) is 0. The number of halogens is 2. The molecule has 3 aliphatic rings. The maximum Gasteiger partial charge on any atom is 2.00 e. The first kappa shape index (κ1) is 41.1. The van der Waals surface area contributed by atoms with Crippen molar-refractivity contribution in [3.05, 3.63) is 0 Å². The van der Waals surface area contributed by atoms with Gasteiger partial charge in [-0.3, -0.25) is 19.4 Å². The zero-order chi connectivity index (χ0) is 27.6. The molecule has 0 radical (unpaired) electrons. The number of carbonyl (C=O) groups is 4. The number of epoxide rings is 1. The summed E-state index contributed by atoms with van der Waals surface area (Å²) in [5.41, 5.74) is -1.27. The van der Waals surface area contributed by atoms with Crippen molar-refractivity contribution in [2.24, 2.45) is 5.92 Å². The first-order valence-electron chi connectivity index (χ1n) is 12.1. The van der Waals surface area contributed by atoms with Gasteiger partial charge < -0.3 is 77.5 Å². The van der Waals surface area contributed by atoms with Crippen LogP contribution >= 0.6 is 0 Å². The summed E-state index contributed by atoms with van der Waals surface area (Å²) in [6, 6.07) is -1.70. The van der Waals surface area contributed by atoms with Gasteiger partial charge in [0.15, 0.2) is 11.6 Å². The topological polar surface area (TPSA) is 166 Å². The van der Waals surface area contributed by atoms with E-state index < -0.39 is 66.4 Å². The summed E-state index contributed by atoms with van der Waals surface area (Å²) in [6.45, 7) is 11.7. The molecule has 39 heavy (non-hydrogen) atoms. The molecule has 0 bridgehead atoms. The maximum atomic E-state index is 12.1. The van der Waals surface area contributed by atoms with Crippen LogP contribution in [0, 0.1) is 5.92 Å². The Bertz CT molecular complexity index is 852. The molecule has 222 valence electrons. The summed E-state index contributed by atoms with van der Waals surface area (Å²) in [5.74, 6) is -1.14. The quantitative estimate of drug-likeness (QED) is 0.139. The minimum absolute atomic E-state index is 0. The van der Waals surface area contributed by atoms with Crippen LogP contribution in [0.1, 0.15) is 54.9 Å². The molecule has 0 spiro atoms. The Morgan fingerprint density at radius 2 is 1.23 bits per heavy atom. The number of fused-ring (bicyclic) bond motifs is 1. The fourth-order valence-electron chi connectivity index (χ4n) is 4.28. The van der Waals surface area contributed by atoms with Crippen molar-refractivity contribution in [3.8, 4) is 0 Å². The third kappa shape index (κ3) is 11.3. The third-order valence-electron chi connectivity index (χ3n) is 5.97. The van der Waals surface area contributed by atoms with Gasteiger partial charge in [-0.25, -0.2) is 9.59 Å². The number of hydrogen-bond donors (Lipinski definition) is 3. The number of morpholine rings is 1. The van der Waals surface area contributed by atoms with Crippen LogP contribution in [0.5, 0.6) is 0 Å². The minimum Gasteiger partial charge on any atom is -1.00 e. The Kier molecular flexibility index (Phi) is 17.4. The first-order chi connectivity index (χ1) is 16.5. The number of amides is 2. The van der Waals surface area contributed by atoms with Crippen molar-refractivity contribution >= 4 is 46.8 Å². The number of rotatable bonds is 5. The third-order valence-corrected chi connectivity index (χ3v) is 5.97. The van der Waals surface area contributed by atoms with Crippen molar-refractivity contribution in [3.63, 3.8) is 0 Å². The number of ether oxygens (including phenoxy) is 3. The Hall–Kier alpha value is -0.0538. The molecule has 0 saturated carbocycles. The smallest absolute Gasteiger partial charge is 1.00 e. The summed E-state index contributed by atoms with van der Waals surface area (Å²) in [4.78, 5) is 49.8. The predicted molar refractivity (Wildman–Crippen MR) is 132 cm³/mol. The van der Waals surface area contributed by atoms with Gasteiger partial charge in [-0.15, -0.1) is 0 Å². The van der Waals surface area contributed by atoms with Gasteiger partial charge in [-0.2, -0.15) is 0 Å². The van der Waals surface area contributed by atoms with Crippen LogP contribution < -0.4 is 48.0 Å². The van der Waals surface area contributed by atoms with Gasteiger partial charge in [-0.05, 0) is 48.0 Å². The van der Waals surface area contributed by atoms with E-state index in [1.165, 1.54) is 9.80 Å². The van der Waals surface area contributed by atoms with Crippen LogP contribution in [0.2, 0.25) is 0 Å². The summed E-state index contributed by atoms with van der Waals surface area (Å²) >= 11 is 0. The van der Waals surface area contributed by atoms with Crippen molar-refractivity contribution in [1.82, 2.24) is 9.80 Å². The van der Waals surface area contributed by atoms with Gasteiger partial charge in [-0.1, -0.05) is 6.92 Å². The Labute approximate surface area is 280 Å². The molecule has 3 heterocycles. The molecular formula is C24H40I2MgN2O10. The minimum atomic E-state index is -1.01. The molecule has 15 heteroatoms. The van der Waals surface area contributed by atoms with E-state index in [-0.39, 0.29) is 95.7 Å². The molecule has 12 nitrogen and oxygen atoms in total. The number of hydrogen-bond acceptors (Lipinski definition) is 10. The monoisotopic (exact) mass is 794 g/mol. The van der Waals surface area contributed by atoms with Crippen LogP contribution in [-0.4, -0.2) is 140 Å². The van der Waals surface area contributed by atoms with E-state index >= 15 is 0 Å². The fraction of sp³-hybridized carbons (Fsp3) is 0.833. The number of ketones is 2.